The van der Waals surface area contributed by atoms with Crippen molar-refractivity contribution in [3.63, 3.8) is 0 Å². The lowest BCUT2D eigenvalue weighted by atomic mass is 10.4. The highest BCUT2D eigenvalue weighted by molar-refractivity contribution is 7.92. The number of benzene rings is 1. The van der Waals surface area contributed by atoms with Crippen molar-refractivity contribution in [3.8, 4) is 0 Å². The largest absolute Gasteiger partial charge is 0.276 e. The second-order valence-corrected chi connectivity index (χ2v) is 5.33. The van der Waals surface area contributed by atoms with Crippen molar-refractivity contribution in [3.05, 3.63) is 42.5 Å². The highest BCUT2D eigenvalue weighted by Gasteiger charge is 2.14. The second-order valence-electron chi connectivity index (χ2n) is 3.64. The van der Waals surface area contributed by atoms with Crippen molar-refractivity contribution in [2.75, 3.05) is 4.72 Å². The van der Waals surface area contributed by atoms with E-state index in [4.69, 9.17) is 0 Å². The van der Waals surface area contributed by atoms with Gasteiger partial charge >= 0.3 is 0 Å². The maximum atomic E-state index is 12.7. The molecule has 0 unspecified atom stereocenters. The Morgan fingerprint density at radius 3 is 2.56 bits per heavy atom. The zero-order valence-corrected chi connectivity index (χ0v) is 10.5. The minimum atomic E-state index is -3.69. The summed E-state index contributed by atoms with van der Waals surface area (Å²) in [4.78, 5) is 0.00754. The summed E-state index contributed by atoms with van der Waals surface area (Å²) in [7, 11) is -3.69. The molecule has 0 spiro atoms. The van der Waals surface area contributed by atoms with Crippen molar-refractivity contribution in [2.24, 2.45) is 0 Å². The zero-order valence-electron chi connectivity index (χ0n) is 9.67. The van der Waals surface area contributed by atoms with E-state index in [0.29, 0.717) is 12.2 Å². The van der Waals surface area contributed by atoms with E-state index in [0.717, 1.165) is 12.1 Å². The van der Waals surface area contributed by atoms with Gasteiger partial charge in [-0.2, -0.15) is 5.10 Å². The number of sulfonamides is 1. The molecule has 96 valence electrons. The Morgan fingerprint density at radius 1 is 1.33 bits per heavy atom. The van der Waals surface area contributed by atoms with Crippen LogP contribution in [0.1, 0.15) is 6.92 Å². The fourth-order valence-electron chi connectivity index (χ4n) is 1.42. The van der Waals surface area contributed by atoms with Crippen molar-refractivity contribution in [1.29, 1.82) is 0 Å². The Balaban J connectivity index is 2.24. The van der Waals surface area contributed by atoms with Gasteiger partial charge in [-0.3, -0.25) is 9.40 Å². The Labute approximate surface area is 104 Å². The van der Waals surface area contributed by atoms with Crippen LogP contribution in [0, 0.1) is 5.82 Å². The van der Waals surface area contributed by atoms with Crippen LogP contribution in [0.2, 0.25) is 0 Å². The number of hydrogen-bond donors (Lipinski definition) is 1. The monoisotopic (exact) mass is 269 g/mol. The molecule has 0 saturated carbocycles. The lowest BCUT2D eigenvalue weighted by molar-refractivity contribution is 0.599. The van der Waals surface area contributed by atoms with Crippen LogP contribution >= 0.6 is 0 Å². The Kier molecular flexibility index (Phi) is 3.33. The quantitative estimate of drug-likeness (QED) is 0.921. The Morgan fingerprint density at radius 2 is 2.00 bits per heavy atom. The molecule has 0 atom stereocenters. The second kappa shape index (κ2) is 4.77. The minimum absolute atomic E-state index is 0.00754. The number of hydrogen-bond acceptors (Lipinski definition) is 3. The highest BCUT2D eigenvalue weighted by Crippen LogP contribution is 2.15. The number of halogens is 1. The number of anilines is 1. The summed E-state index contributed by atoms with van der Waals surface area (Å²) in [5.41, 5.74) is 0.376. The van der Waals surface area contributed by atoms with Crippen LogP contribution in [0.4, 0.5) is 10.1 Å². The SMILES string of the molecule is CCn1cc(NS(=O)(=O)c2ccc(F)cc2)cn1. The lowest BCUT2D eigenvalue weighted by Crippen LogP contribution is -2.12. The molecule has 0 radical (unpaired) electrons. The van der Waals surface area contributed by atoms with Gasteiger partial charge in [0.05, 0.1) is 16.8 Å². The third-order valence-electron chi connectivity index (χ3n) is 2.33. The van der Waals surface area contributed by atoms with Gasteiger partial charge in [-0.1, -0.05) is 0 Å². The van der Waals surface area contributed by atoms with Gasteiger partial charge in [0.15, 0.2) is 0 Å². The fraction of sp³-hybridized carbons (Fsp3) is 0.182. The molecule has 18 heavy (non-hydrogen) atoms. The molecule has 7 heteroatoms. The van der Waals surface area contributed by atoms with Crippen LogP contribution in [0.15, 0.2) is 41.6 Å². The van der Waals surface area contributed by atoms with Crippen molar-refractivity contribution in [2.45, 2.75) is 18.4 Å². The van der Waals surface area contributed by atoms with E-state index in [2.05, 4.69) is 9.82 Å². The molecular formula is C11H12FN3O2S. The number of nitrogens with one attached hydrogen (secondary N) is 1. The molecule has 0 fully saturated rings. The van der Waals surface area contributed by atoms with Crippen LogP contribution in [0.5, 0.6) is 0 Å². The maximum absolute atomic E-state index is 12.7. The predicted octanol–water partition coefficient (Wildman–Crippen LogP) is 1.84. The summed E-state index contributed by atoms with van der Waals surface area (Å²) in [6.07, 6.45) is 3.01. The fourth-order valence-corrected chi connectivity index (χ4v) is 2.44. The van der Waals surface area contributed by atoms with Gasteiger partial charge in [0.2, 0.25) is 0 Å². The average Bonchev–Trinajstić information content (AvgIpc) is 2.76. The maximum Gasteiger partial charge on any atom is 0.261 e. The molecule has 0 aliphatic rings. The van der Waals surface area contributed by atoms with Crippen molar-refractivity contribution in [1.82, 2.24) is 9.78 Å². The van der Waals surface area contributed by atoms with Gasteiger partial charge in [0.25, 0.3) is 10.0 Å². The van der Waals surface area contributed by atoms with Gasteiger partial charge in [0.1, 0.15) is 5.82 Å². The van der Waals surface area contributed by atoms with Crippen LogP contribution in [-0.4, -0.2) is 18.2 Å². The van der Waals surface area contributed by atoms with Crippen LogP contribution < -0.4 is 4.72 Å². The van der Waals surface area contributed by atoms with E-state index in [1.807, 2.05) is 6.92 Å². The van der Waals surface area contributed by atoms with Gasteiger partial charge < -0.3 is 0 Å². The Bertz CT molecular complexity index is 635. The van der Waals surface area contributed by atoms with Crippen LogP contribution in [-0.2, 0) is 16.6 Å². The molecule has 2 aromatic rings. The summed E-state index contributed by atoms with van der Waals surface area (Å²) in [5.74, 6) is -0.479. The smallest absolute Gasteiger partial charge is 0.261 e. The number of aromatic nitrogens is 2. The third kappa shape index (κ3) is 2.67. The number of aryl methyl sites for hydroxylation is 1. The first-order valence-corrected chi connectivity index (χ1v) is 6.80. The van der Waals surface area contributed by atoms with Crippen LogP contribution in [0.3, 0.4) is 0 Å². The number of rotatable bonds is 4. The van der Waals surface area contributed by atoms with E-state index in [1.165, 1.54) is 18.3 Å². The molecule has 1 N–H and O–H groups in total. The first kappa shape index (κ1) is 12.6. The van der Waals surface area contributed by atoms with Gasteiger partial charge in [-0.15, -0.1) is 0 Å². The first-order valence-electron chi connectivity index (χ1n) is 5.32. The molecule has 0 aliphatic carbocycles. The zero-order chi connectivity index (χ0) is 13.2. The molecule has 0 saturated heterocycles. The molecule has 1 aromatic heterocycles. The lowest BCUT2D eigenvalue weighted by Gasteiger charge is -2.05. The average molecular weight is 269 g/mol. The van der Waals surface area contributed by atoms with E-state index in [-0.39, 0.29) is 4.90 Å². The van der Waals surface area contributed by atoms with Gasteiger partial charge in [0, 0.05) is 12.7 Å². The highest BCUT2D eigenvalue weighted by atomic mass is 32.2. The van der Waals surface area contributed by atoms with E-state index in [1.54, 1.807) is 10.9 Å². The van der Waals surface area contributed by atoms with E-state index < -0.39 is 15.8 Å². The standard InChI is InChI=1S/C11H12FN3O2S/c1-2-15-8-10(7-13-15)14-18(16,17)11-5-3-9(12)4-6-11/h3-8,14H,2H2,1H3. The van der Waals surface area contributed by atoms with E-state index >= 15 is 0 Å². The topological polar surface area (TPSA) is 64.0 Å². The Hall–Kier alpha value is -1.89. The molecule has 0 amide bonds. The molecule has 2 rings (SSSR count). The molecule has 1 aromatic carbocycles. The molecular weight excluding hydrogens is 257 g/mol. The van der Waals surface area contributed by atoms with Crippen LogP contribution in [0.25, 0.3) is 0 Å². The van der Waals surface area contributed by atoms with Gasteiger partial charge in [-0.05, 0) is 31.2 Å². The summed E-state index contributed by atoms with van der Waals surface area (Å²) in [5, 5.41) is 3.96. The van der Waals surface area contributed by atoms with Gasteiger partial charge in [-0.25, -0.2) is 12.8 Å². The number of nitrogens with zero attached hydrogens (tertiary/aromatic N) is 2. The molecule has 1 heterocycles. The summed E-state index contributed by atoms with van der Waals surface area (Å²) in [6.45, 7) is 2.55. The molecule has 0 aliphatic heterocycles. The van der Waals surface area contributed by atoms with Crippen molar-refractivity contribution < 1.29 is 12.8 Å². The summed E-state index contributed by atoms with van der Waals surface area (Å²) >= 11 is 0. The third-order valence-corrected chi connectivity index (χ3v) is 3.73. The predicted molar refractivity (Wildman–Crippen MR) is 65.1 cm³/mol. The normalized spacial score (nSPS) is 11.4. The molecule has 0 bridgehead atoms. The first-order chi connectivity index (χ1) is 8.51. The summed E-state index contributed by atoms with van der Waals surface area (Å²) in [6, 6.07) is 4.62. The summed E-state index contributed by atoms with van der Waals surface area (Å²) < 4.78 is 40.6. The molecule has 5 nitrogen and oxygen atoms in total. The minimum Gasteiger partial charge on any atom is -0.276 e. The van der Waals surface area contributed by atoms with E-state index in [9.17, 15) is 12.8 Å². The van der Waals surface area contributed by atoms with Crippen molar-refractivity contribution >= 4 is 15.7 Å².